The monoisotopic (exact) mass is 194 g/mol. The van der Waals surface area contributed by atoms with E-state index in [0.29, 0.717) is 0 Å². The van der Waals surface area contributed by atoms with Crippen LogP contribution in [0.2, 0.25) is 0 Å². The Morgan fingerprint density at radius 3 is 2.43 bits per heavy atom. The molecule has 0 amide bonds. The summed E-state index contributed by atoms with van der Waals surface area (Å²) in [5.41, 5.74) is 0. The second kappa shape index (κ2) is 3.82. The van der Waals surface area contributed by atoms with Gasteiger partial charge in [-0.05, 0) is 51.0 Å². The largest absolute Gasteiger partial charge is 0.315 e. The van der Waals surface area contributed by atoms with Crippen molar-refractivity contribution < 1.29 is 0 Å². The molecule has 1 atom stereocenters. The van der Waals surface area contributed by atoms with Gasteiger partial charge in [-0.2, -0.15) is 0 Å². The van der Waals surface area contributed by atoms with E-state index >= 15 is 0 Å². The third kappa shape index (κ3) is 2.12. The van der Waals surface area contributed by atoms with Crippen molar-refractivity contribution in [3.63, 3.8) is 0 Å². The van der Waals surface area contributed by atoms with Gasteiger partial charge in [-0.25, -0.2) is 0 Å². The van der Waals surface area contributed by atoms with Crippen LogP contribution in [-0.4, -0.2) is 36.6 Å². The molecule has 80 valence electrons. The number of rotatable bonds is 4. The summed E-state index contributed by atoms with van der Waals surface area (Å²) < 4.78 is 0. The molecule has 3 aliphatic rings. The molecule has 14 heavy (non-hydrogen) atoms. The van der Waals surface area contributed by atoms with Gasteiger partial charge < -0.3 is 5.32 Å². The molecule has 1 unspecified atom stereocenters. The Balaban J connectivity index is 1.57. The molecule has 0 aromatic heterocycles. The van der Waals surface area contributed by atoms with Gasteiger partial charge in [0.2, 0.25) is 0 Å². The van der Waals surface area contributed by atoms with Gasteiger partial charge >= 0.3 is 0 Å². The zero-order valence-corrected chi connectivity index (χ0v) is 9.04. The van der Waals surface area contributed by atoms with Crippen molar-refractivity contribution in [1.82, 2.24) is 10.2 Å². The van der Waals surface area contributed by atoms with Crippen LogP contribution in [0.3, 0.4) is 0 Å². The first kappa shape index (κ1) is 9.17. The van der Waals surface area contributed by atoms with Crippen LogP contribution < -0.4 is 5.32 Å². The lowest BCUT2D eigenvalue weighted by molar-refractivity contribution is 0.150. The van der Waals surface area contributed by atoms with Gasteiger partial charge in [0.1, 0.15) is 0 Å². The predicted molar refractivity (Wildman–Crippen MR) is 58.3 cm³/mol. The lowest BCUT2D eigenvalue weighted by atomic mass is 10.1. The predicted octanol–water partition coefficient (Wildman–Crippen LogP) is 1.61. The van der Waals surface area contributed by atoms with Crippen molar-refractivity contribution >= 4 is 0 Å². The molecule has 3 rings (SSSR count). The maximum absolute atomic E-state index is 3.55. The summed E-state index contributed by atoms with van der Waals surface area (Å²) in [5, 5.41) is 3.55. The van der Waals surface area contributed by atoms with E-state index in [9.17, 15) is 0 Å². The molecule has 0 bridgehead atoms. The Morgan fingerprint density at radius 1 is 1.00 bits per heavy atom. The van der Waals surface area contributed by atoms with E-state index in [1.165, 1.54) is 58.2 Å². The topological polar surface area (TPSA) is 15.3 Å². The summed E-state index contributed by atoms with van der Waals surface area (Å²) in [6.07, 6.45) is 8.79. The van der Waals surface area contributed by atoms with E-state index < -0.39 is 0 Å². The van der Waals surface area contributed by atoms with Crippen molar-refractivity contribution in [3.05, 3.63) is 0 Å². The Morgan fingerprint density at radius 2 is 1.86 bits per heavy atom. The van der Waals surface area contributed by atoms with Crippen LogP contribution in [0.1, 0.15) is 38.5 Å². The van der Waals surface area contributed by atoms with Crippen LogP contribution >= 0.6 is 0 Å². The molecule has 0 aromatic rings. The van der Waals surface area contributed by atoms with Crippen LogP contribution in [0.15, 0.2) is 0 Å². The summed E-state index contributed by atoms with van der Waals surface area (Å²) in [7, 11) is 0. The molecule has 2 saturated carbocycles. The minimum atomic E-state index is 0.872. The summed E-state index contributed by atoms with van der Waals surface area (Å²) in [6, 6.07) is 1.84. The molecule has 1 heterocycles. The third-order valence-corrected chi connectivity index (χ3v) is 3.92. The fraction of sp³-hybridized carbons (Fsp3) is 1.00. The Bertz CT molecular complexity index is 190. The third-order valence-electron chi connectivity index (χ3n) is 3.92. The van der Waals surface area contributed by atoms with Gasteiger partial charge in [0.25, 0.3) is 0 Å². The van der Waals surface area contributed by atoms with Crippen molar-refractivity contribution in [1.29, 1.82) is 0 Å². The minimum absolute atomic E-state index is 0.872. The number of nitrogens with zero attached hydrogens (tertiary/aromatic N) is 1. The molecule has 0 radical (unpaired) electrons. The lowest BCUT2D eigenvalue weighted by Crippen LogP contribution is -2.47. The van der Waals surface area contributed by atoms with Crippen molar-refractivity contribution in [2.24, 2.45) is 5.92 Å². The van der Waals surface area contributed by atoms with Gasteiger partial charge in [-0.15, -0.1) is 0 Å². The smallest absolute Gasteiger partial charge is 0.0224 e. The van der Waals surface area contributed by atoms with Crippen molar-refractivity contribution in [2.45, 2.75) is 50.6 Å². The molecule has 2 nitrogen and oxygen atoms in total. The number of hydrogen-bond donors (Lipinski definition) is 1. The Labute approximate surface area is 87.0 Å². The molecule has 2 heteroatoms. The van der Waals surface area contributed by atoms with E-state index in [4.69, 9.17) is 0 Å². The Hall–Kier alpha value is -0.0800. The van der Waals surface area contributed by atoms with Crippen LogP contribution in [-0.2, 0) is 0 Å². The highest BCUT2D eigenvalue weighted by atomic mass is 15.2. The summed E-state index contributed by atoms with van der Waals surface area (Å²) >= 11 is 0. The van der Waals surface area contributed by atoms with Gasteiger partial charge in [-0.3, -0.25) is 4.90 Å². The summed E-state index contributed by atoms with van der Waals surface area (Å²) in [5.74, 6) is 1.07. The SMILES string of the molecule is C1CNCC(N(CC2CC2)C2CC2)C1. The minimum Gasteiger partial charge on any atom is -0.315 e. The Kier molecular flexibility index (Phi) is 2.50. The van der Waals surface area contributed by atoms with E-state index in [-0.39, 0.29) is 0 Å². The van der Waals surface area contributed by atoms with Crippen molar-refractivity contribution in [3.8, 4) is 0 Å². The van der Waals surface area contributed by atoms with Gasteiger partial charge in [0.05, 0.1) is 0 Å². The number of hydrogen-bond acceptors (Lipinski definition) is 2. The van der Waals surface area contributed by atoms with Crippen molar-refractivity contribution in [2.75, 3.05) is 19.6 Å². The first-order chi connectivity index (χ1) is 6.93. The van der Waals surface area contributed by atoms with Crippen LogP contribution in [0, 0.1) is 5.92 Å². The summed E-state index contributed by atoms with van der Waals surface area (Å²) in [4.78, 5) is 2.84. The highest BCUT2D eigenvalue weighted by Crippen LogP contribution is 2.36. The maximum Gasteiger partial charge on any atom is 0.0224 e. The van der Waals surface area contributed by atoms with E-state index in [0.717, 1.165) is 18.0 Å². The van der Waals surface area contributed by atoms with E-state index in [1.807, 2.05) is 0 Å². The van der Waals surface area contributed by atoms with Crippen LogP contribution in [0.5, 0.6) is 0 Å². The zero-order valence-electron chi connectivity index (χ0n) is 9.04. The molecule has 0 aromatic carbocycles. The van der Waals surface area contributed by atoms with Crippen LogP contribution in [0.4, 0.5) is 0 Å². The first-order valence-corrected chi connectivity index (χ1v) is 6.40. The molecule has 1 aliphatic heterocycles. The molecular weight excluding hydrogens is 172 g/mol. The van der Waals surface area contributed by atoms with Gasteiger partial charge in [0.15, 0.2) is 0 Å². The molecule has 1 saturated heterocycles. The average Bonchev–Trinajstić information content (AvgIpc) is 3.08. The number of piperidine rings is 1. The normalized spacial score (nSPS) is 33.6. The molecule has 2 aliphatic carbocycles. The zero-order chi connectivity index (χ0) is 9.38. The molecule has 0 spiro atoms. The number of nitrogens with one attached hydrogen (secondary N) is 1. The summed E-state index contributed by atoms with van der Waals surface area (Å²) in [6.45, 7) is 3.92. The molecule has 1 N–H and O–H groups in total. The fourth-order valence-corrected chi connectivity index (χ4v) is 2.72. The van der Waals surface area contributed by atoms with Crippen LogP contribution in [0.25, 0.3) is 0 Å². The lowest BCUT2D eigenvalue weighted by Gasteiger charge is -2.35. The molecular formula is C12H22N2. The second-order valence-corrected chi connectivity index (χ2v) is 5.37. The first-order valence-electron chi connectivity index (χ1n) is 6.40. The second-order valence-electron chi connectivity index (χ2n) is 5.37. The fourth-order valence-electron chi connectivity index (χ4n) is 2.72. The van der Waals surface area contributed by atoms with Gasteiger partial charge in [-0.1, -0.05) is 0 Å². The average molecular weight is 194 g/mol. The standard InChI is InChI=1S/C12H22N2/c1-2-12(8-13-7-1)14(11-5-6-11)9-10-3-4-10/h10-13H,1-9H2. The maximum atomic E-state index is 3.55. The van der Waals surface area contributed by atoms with E-state index in [1.54, 1.807) is 0 Å². The van der Waals surface area contributed by atoms with Gasteiger partial charge in [0, 0.05) is 25.2 Å². The highest BCUT2D eigenvalue weighted by molar-refractivity contribution is 4.93. The van der Waals surface area contributed by atoms with E-state index in [2.05, 4.69) is 10.2 Å². The molecule has 3 fully saturated rings. The quantitative estimate of drug-likeness (QED) is 0.731. The highest BCUT2D eigenvalue weighted by Gasteiger charge is 2.37.